The fraction of sp³-hybridized carbons (Fsp3) is 0.385. The number of likely N-dealkylation sites (tertiary alicyclic amines) is 1. The quantitative estimate of drug-likeness (QED) is 0.487. The van der Waals surface area contributed by atoms with E-state index < -0.39 is 0 Å². The number of thiophene rings is 1. The summed E-state index contributed by atoms with van der Waals surface area (Å²) in [6.45, 7) is 10.3. The summed E-state index contributed by atoms with van der Waals surface area (Å²) in [5.41, 5.74) is 3.30. The summed E-state index contributed by atoms with van der Waals surface area (Å²) in [7, 11) is 0. The van der Waals surface area contributed by atoms with Gasteiger partial charge in [0, 0.05) is 22.5 Å². The summed E-state index contributed by atoms with van der Waals surface area (Å²) in [6, 6.07) is 13.0. The van der Waals surface area contributed by atoms with Crippen LogP contribution >= 0.6 is 11.3 Å². The molecule has 0 unspecified atom stereocenters. The van der Waals surface area contributed by atoms with Crippen LogP contribution in [0.15, 0.2) is 47.8 Å². The molecule has 0 spiro atoms. The van der Waals surface area contributed by atoms with Gasteiger partial charge in [0.1, 0.15) is 0 Å². The van der Waals surface area contributed by atoms with Gasteiger partial charge in [-0.25, -0.2) is 0 Å². The normalized spacial score (nSPS) is 15.8. The zero-order chi connectivity index (χ0) is 22.0. The molecule has 0 bridgehead atoms. The first-order chi connectivity index (χ1) is 14.8. The van der Waals surface area contributed by atoms with Gasteiger partial charge in [0.05, 0.1) is 5.56 Å². The van der Waals surface area contributed by atoms with Crippen LogP contribution in [0.5, 0.6) is 0 Å². The van der Waals surface area contributed by atoms with Crippen molar-refractivity contribution in [2.24, 2.45) is 5.41 Å². The van der Waals surface area contributed by atoms with Crippen LogP contribution < -0.4 is 5.32 Å². The van der Waals surface area contributed by atoms with Crippen molar-refractivity contribution in [3.05, 3.63) is 64.5 Å². The second-order valence-corrected chi connectivity index (χ2v) is 10.6. The molecule has 4 rings (SSSR count). The van der Waals surface area contributed by atoms with E-state index in [1.54, 1.807) is 35.6 Å². The van der Waals surface area contributed by atoms with Crippen molar-refractivity contribution in [1.29, 1.82) is 0 Å². The fourth-order valence-electron chi connectivity index (χ4n) is 4.52. The maximum absolute atomic E-state index is 12.7. The number of anilines is 1. The molecule has 3 aromatic rings. The Morgan fingerprint density at radius 3 is 2.61 bits per heavy atom. The molecule has 1 aliphatic rings. The summed E-state index contributed by atoms with van der Waals surface area (Å²) in [5.74, 6) is 0.307. The van der Waals surface area contributed by atoms with Gasteiger partial charge in [-0.2, -0.15) is 0 Å². The predicted octanol–water partition coefficient (Wildman–Crippen LogP) is 6.19. The molecule has 1 fully saturated rings. The Hall–Kier alpha value is -2.50. The molecule has 4 nitrogen and oxygen atoms in total. The lowest BCUT2D eigenvalue weighted by Crippen LogP contribution is -2.38. The van der Waals surface area contributed by atoms with E-state index in [9.17, 15) is 9.59 Å². The third kappa shape index (κ3) is 5.05. The van der Waals surface area contributed by atoms with Gasteiger partial charge in [0.25, 0.3) is 5.91 Å². The molecule has 5 heteroatoms. The topological polar surface area (TPSA) is 49.4 Å². The molecule has 0 saturated carbocycles. The highest BCUT2D eigenvalue weighted by Gasteiger charge is 2.25. The minimum Gasteiger partial charge on any atom is -0.322 e. The van der Waals surface area contributed by atoms with E-state index >= 15 is 0 Å². The van der Waals surface area contributed by atoms with E-state index in [4.69, 9.17) is 0 Å². The van der Waals surface area contributed by atoms with Crippen LogP contribution in [0.25, 0.3) is 10.1 Å². The molecule has 1 aromatic heterocycles. The number of carbonyl (C=O) groups excluding carboxylic acids is 2. The van der Waals surface area contributed by atoms with Crippen molar-refractivity contribution in [1.82, 2.24) is 4.90 Å². The summed E-state index contributed by atoms with van der Waals surface area (Å²) in [4.78, 5) is 26.6. The lowest BCUT2D eigenvalue weighted by molar-refractivity contribution is 0.101. The van der Waals surface area contributed by atoms with Crippen LogP contribution in [0.4, 0.5) is 5.69 Å². The first-order valence-corrected chi connectivity index (χ1v) is 11.8. The number of carbonyl (C=O) groups is 2. The van der Waals surface area contributed by atoms with Gasteiger partial charge < -0.3 is 10.2 Å². The van der Waals surface area contributed by atoms with E-state index in [1.165, 1.54) is 28.5 Å². The Morgan fingerprint density at radius 1 is 1.16 bits per heavy atom. The molecule has 1 aliphatic heterocycles. The highest BCUT2D eigenvalue weighted by molar-refractivity contribution is 7.17. The minimum atomic E-state index is -0.255. The SMILES string of the molecule is CC(C)(C)CN1CCC(c2csc3ccc(NC(=O)c4ccccc4C=O)cc23)CC1. The van der Waals surface area contributed by atoms with E-state index in [2.05, 4.69) is 48.5 Å². The van der Waals surface area contributed by atoms with Crippen molar-refractivity contribution < 1.29 is 9.59 Å². The van der Waals surface area contributed by atoms with E-state index in [0.717, 1.165) is 31.6 Å². The second kappa shape index (κ2) is 8.93. The van der Waals surface area contributed by atoms with Crippen molar-refractivity contribution in [3.8, 4) is 0 Å². The molecule has 31 heavy (non-hydrogen) atoms. The number of rotatable bonds is 5. The van der Waals surface area contributed by atoms with Gasteiger partial charge in [0.15, 0.2) is 6.29 Å². The Bertz CT molecular complexity index is 1090. The highest BCUT2D eigenvalue weighted by atomic mass is 32.1. The van der Waals surface area contributed by atoms with Gasteiger partial charge >= 0.3 is 0 Å². The first kappa shape index (κ1) is 21.7. The number of hydrogen-bond donors (Lipinski definition) is 1. The van der Waals surface area contributed by atoms with Crippen molar-refractivity contribution in [2.75, 3.05) is 25.0 Å². The predicted molar refractivity (Wildman–Crippen MR) is 129 cm³/mol. The number of piperidine rings is 1. The average molecular weight is 435 g/mol. The van der Waals surface area contributed by atoms with Crippen molar-refractivity contribution >= 4 is 39.3 Å². The molecule has 162 valence electrons. The average Bonchev–Trinajstić information content (AvgIpc) is 3.16. The Morgan fingerprint density at radius 2 is 1.90 bits per heavy atom. The summed E-state index contributed by atoms with van der Waals surface area (Å²) in [6.07, 6.45) is 3.07. The third-order valence-corrected chi connectivity index (χ3v) is 6.90. The maximum atomic E-state index is 12.7. The molecule has 1 N–H and O–H groups in total. The summed E-state index contributed by atoms with van der Waals surface area (Å²) in [5, 5.41) is 6.51. The third-order valence-electron chi connectivity index (χ3n) is 5.92. The highest BCUT2D eigenvalue weighted by Crippen LogP contribution is 2.38. The van der Waals surface area contributed by atoms with Gasteiger partial charge in [-0.3, -0.25) is 9.59 Å². The number of benzene rings is 2. The Kier molecular flexibility index (Phi) is 6.26. The number of fused-ring (bicyclic) bond motifs is 1. The van der Waals surface area contributed by atoms with Gasteiger partial charge in [-0.1, -0.05) is 39.0 Å². The lowest BCUT2D eigenvalue weighted by atomic mass is 9.87. The van der Waals surface area contributed by atoms with Crippen LogP contribution in [0.1, 0.15) is 65.8 Å². The minimum absolute atomic E-state index is 0.255. The molecular weight excluding hydrogens is 404 g/mol. The molecule has 1 amide bonds. The van der Waals surface area contributed by atoms with Crippen LogP contribution in [0.3, 0.4) is 0 Å². The molecule has 1 saturated heterocycles. The van der Waals surface area contributed by atoms with E-state index in [-0.39, 0.29) is 5.91 Å². The smallest absolute Gasteiger partial charge is 0.256 e. The number of nitrogens with zero attached hydrogens (tertiary/aromatic N) is 1. The van der Waals surface area contributed by atoms with Crippen LogP contribution in [-0.4, -0.2) is 36.7 Å². The molecule has 0 radical (unpaired) electrons. The Labute approximate surface area is 188 Å². The van der Waals surface area contributed by atoms with Gasteiger partial charge in [-0.05, 0) is 77.9 Å². The van der Waals surface area contributed by atoms with Gasteiger partial charge in [0.2, 0.25) is 0 Å². The number of aldehydes is 1. The van der Waals surface area contributed by atoms with Crippen LogP contribution in [-0.2, 0) is 0 Å². The van der Waals surface area contributed by atoms with Crippen molar-refractivity contribution in [2.45, 2.75) is 39.5 Å². The monoisotopic (exact) mass is 434 g/mol. The molecule has 0 aliphatic carbocycles. The number of nitrogens with one attached hydrogen (secondary N) is 1. The second-order valence-electron chi connectivity index (χ2n) is 9.67. The van der Waals surface area contributed by atoms with Crippen molar-refractivity contribution in [3.63, 3.8) is 0 Å². The van der Waals surface area contributed by atoms with Gasteiger partial charge in [-0.15, -0.1) is 11.3 Å². The summed E-state index contributed by atoms with van der Waals surface area (Å²) >= 11 is 1.78. The van der Waals surface area contributed by atoms with Crippen LogP contribution in [0, 0.1) is 5.41 Å². The number of hydrogen-bond acceptors (Lipinski definition) is 4. The molecule has 0 atom stereocenters. The maximum Gasteiger partial charge on any atom is 0.256 e. The molecular formula is C26H30N2O2S. The van der Waals surface area contributed by atoms with E-state index in [1.807, 2.05) is 6.07 Å². The lowest BCUT2D eigenvalue weighted by Gasteiger charge is -2.36. The standard InChI is InChI=1S/C26H30N2O2S/c1-26(2,3)17-28-12-10-18(11-13-28)23-16-31-24-9-8-20(14-22(23)24)27-25(30)21-7-5-4-6-19(21)15-29/h4-9,14-16,18H,10-13,17H2,1-3H3,(H,27,30). The zero-order valence-corrected chi connectivity index (χ0v) is 19.3. The van der Waals surface area contributed by atoms with E-state index in [0.29, 0.717) is 22.5 Å². The first-order valence-electron chi connectivity index (χ1n) is 10.9. The fourth-order valence-corrected chi connectivity index (χ4v) is 5.54. The number of amides is 1. The Balaban J connectivity index is 1.51. The molecule has 2 aromatic carbocycles. The molecule has 2 heterocycles. The summed E-state index contributed by atoms with van der Waals surface area (Å²) < 4.78 is 1.25. The largest absolute Gasteiger partial charge is 0.322 e. The van der Waals surface area contributed by atoms with Crippen LogP contribution in [0.2, 0.25) is 0 Å². The zero-order valence-electron chi connectivity index (χ0n) is 18.5.